The van der Waals surface area contributed by atoms with Crippen molar-refractivity contribution in [3.8, 4) is 0 Å². The van der Waals surface area contributed by atoms with Gasteiger partial charge in [0.05, 0.1) is 26.6 Å². The van der Waals surface area contributed by atoms with Crippen molar-refractivity contribution in [2.75, 3.05) is 33.9 Å². The van der Waals surface area contributed by atoms with Crippen molar-refractivity contribution in [2.24, 2.45) is 5.92 Å². The highest BCUT2D eigenvalue weighted by Crippen LogP contribution is 2.07. The predicted octanol–water partition coefficient (Wildman–Crippen LogP) is 1.90. The van der Waals surface area contributed by atoms with Crippen LogP contribution in [0.3, 0.4) is 0 Å². The van der Waals surface area contributed by atoms with E-state index in [9.17, 15) is 9.59 Å². The number of benzene rings is 1. The van der Waals surface area contributed by atoms with Gasteiger partial charge in [-0.25, -0.2) is 0 Å². The third kappa shape index (κ3) is 6.72. The summed E-state index contributed by atoms with van der Waals surface area (Å²) in [4.78, 5) is 25.0. The lowest BCUT2D eigenvalue weighted by Crippen LogP contribution is -2.35. The average Bonchev–Trinajstić information content (AvgIpc) is 2.56. The zero-order valence-electron chi connectivity index (χ0n) is 13.6. The number of rotatable bonds is 9. The van der Waals surface area contributed by atoms with E-state index in [-0.39, 0.29) is 17.9 Å². The molecule has 0 saturated carbocycles. The molecule has 1 atom stereocenters. The Morgan fingerprint density at radius 1 is 1.09 bits per heavy atom. The number of nitrogens with zero attached hydrogens (tertiary/aromatic N) is 1. The quantitative estimate of drug-likeness (QED) is 0.652. The molecule has 122 valence electrons. The van der Waals surface area contributed by atoms with Gasteiger partial charge in [-0.3, -0.25) is 9.59 Å². The van der Waals surface area contributed by atoms with Crippen molar-refractivity contribution in [1.29, 1.82) is 0 Å². The Hall–Kier alpha value is -1.88. The van der Waals surface area contributed by atoms with Gasteiger partial charge in [0.15, 0.2) is 0 Å². The van der Waals surface area contributed by atoms with Crippen molar-refractivity contribution >= 4 is 11.9 Å². The second-order valence-corrected chi connectivity index (χ2v) is 5.29. The van der Waals surface area contributed by atoms with Crippen LogP contribution >= 0.6 is 0 Å². The van der Waals surface area contributed by atoms with Crippen molar-refractivity contribution < 1.29 is 19.1 Å². The van der Waals surface area contributed by atoms with E-state index >= 15 is 0 Å². The fraction of sp³-hybridized carbons (Fsp3) is 0.529. The van der Waals surface area contributed by atoms with Gasteiger partial charge in [-0.2, -0.15) is 0 Å². The first kappa shape index (κ1) is 18.2. The van der Waals surface area contributed by atoms with Crippen LogP contribution < -0.4 is 0 Å². The summed E-state index contributed by atoms with van der Waals surface area (Å²) in [6, 6.07) is 10.1. The van der Waals surface area contributed by atoms with Gasteiger partial charge in [-0.1, -0.05) is 37.3 Å². The molecule has 0 aliphatic heterocycles. The van der Waals surface area contributed by atoms with Crippen LogP contribution in [0.1, 0.15) is 18.9 Å². The number of methoxy groups -OCH3 is 2. The maximum atomic E-state index is 11.6. The van der Waals surface area contributed by atoms with E-state index in [1.807, 2.05) is 25.1 Å². The third-order valence-corrected chi connectivity index (χ3v) is 3.55. The van der Waals surface area contributed by atoms with Gasteiger partial charge in [0.1, 0.15) is 0 Å². The van der Waals surface area contributed by atoms with Crippen LogP contribution in [0.2, 0.25) is 0 Å². The molecule has 5 nitrogen and oxygen atoms in total. The average molecular weight is 307 g/mol. The van der Waals surface area contributed by atoms with Crippen LogP contribution in [0.25, 0.3) is 0 Å². The van der Waals surface area contributed by atoms with E-state index in [1.165, 1.54) is 19.8 Å². The van der Waals surface area contributed by atoms with Crippen LogP contribution in [0.15, 0.2) is 30.3 Å². The summed E-state index contributed by atoms with van der Waals surface area (Å²) in [7, 11) is 2.77. The molecule has 0 aromatic heterocycles. The number of hydrogen-bond donors (Lipinski definition) is 0. The SMILES string of the molecule is COC(=O)CCN(CCc1ccccc1)C[C@H](C)C(=O)OC. The molecule has 1 aromatic carbocycles. The summed E-state index contributed by atoms with van der Waals surface area (Å²) in [6.45, 7) is 3.75. The Morgan fingerprint density at radius 3 is 2.36 bits per heavy atom. The monoisotopic (exact) mass is 307 g/mol. The number of hydrogen-bond acceptors (Lipinski definition) is 5. The van der Waals surface area contributed by atoms with Gasteiger partial charge < -0.3 is 14.4 Å². The molecule has 0 bridgehead atoms. The first-order valence-corrected chi connectivity index (χ1v) is 7.47. The van der Waals surface area contributed by atoms with E-state index in [1.54, 1.807) is 0 Å². The number of ether oxygens (including phenoxy) is 2. The normalized spacial score (nSPS) is 12.0. The highest BCUT2D eigenvalue weighted by atomic mass is 16.5. The second kappa shape index (κ2) is 9.95. The molecule has 0 unspecified atom stereocenters. The summed E-state index contributed by atoms with van der Waals surface area (Å²) in [5.41, 5.74) is 1.23. The molecule has 0 saturated heterocycles. The summed E-state index contributed by atoms with van der Waals surface area (Å²) >= 11 is 0. The van der Waals surface area contributed by atoms with Crippen LogP contribution in [0.5, 0.6) is 0 Å². The highest BCUT2D eigenvalue weighted by molar-refractivity contribution is 5.72. The van der Waals surface area contributed by atoms with Gasteiger partial charge in [0, 0.05) is 19.6 Å². The number of carbonyl (C=O) groups is 2. The van der Waals surface area contributed by atoms with Gasteiger partial charge in [-0.15, -0.1) is 0 Å². The van der Waals surface area contributed by atoms with Crippen molar-refractivity contribution in [3.05, 3.63) is 35.9 Å². The standard InChI is InChI=1S/C17H25NO4/c1-14(17(20)22-3)13-18(12-10-16(19)21-2)11-9-15-7-5-4-6-8-15/h4-8,14H,9-13H2,1-3H3/t14-/m0/s1. The lowest BCUT2D eigenvalue weighted by Gasteiger charge is -2.24. The van der Waals surface area contributed by atoms with Crippen LogP contribution in [0.4, 0.5) is 0 Å². The maximum Gasteiger partial charge on any atom is 0.309 e. The highest BCUT2D eigenvalue weighted by Gasteiger charge is 2.18. The molecular formula is C17H25NO4. The smallest absolute Gasteiger partial charge is 0.309 e. The lowest BCUT2D eigenvalue weighted by atomic mass is 10.1. The zero-order chi connectivity index (χ0) is 16.4. The van der Waals surface area contributed by atoms with E-state index in [0.717, 1.165) is 13.0 Å². The zero-order valence-corrected chi connectivity index (χ0v) is 13.6. The Balaban J connectivity index is 2.56. The number of esters is 2. The van der Waals surface area contributed by atoms with Crippen molar-refractivity contribution in [1.82, 2.24) is 4.90 Å². The number of carbonyl (C=O) groups excluding carboxylic acids is 2. The van der Waals surface area contributed by atoms with Gasteiger partial charge >= 0.3 is 11.9 Å². The van der Waals surface area contributed by atoms with E-state index in [0.29, 0.717) is 19.5 Å². The maximum absolute atomic E-state index is 11.6. The molecule has 0 heterocycles. The van der Waals surface area contributed by atoms with E-state index in [2.05, 4.69) is 21.8 Å². The predicted molar refractivity (Wildman–Crippen MR) is 84.4 cm³/mol. The largest absolute Gasteiger partial charge is 0.469 e. The fourth-order valence-electron chi connectivity index (χ4n) is 2.24. The Kier molecular flexibility index (Phi) is 8.22. The Labute approximate surface area is 132 Å². The molecule has 0 aliphatic rings. The first-order chi connectivity index (χ1) is 10.6. The summed E-state index contributed by atoms with van der Waals surface area (Å²) in [5.74, 6) is -0.698. The van der Waals surface area contributed by atoms with Gasteiger partial charge in [-0.05, 0) is 12.0 Å². The Morgan fingerprint density at radius 2 is 1.77 bits per heavy atom. The van der Waals surface area contributed by atoms with Crippen molar-refractivity contribution in [3.63, 3.8) is 0 Å². The van der Waals surface area contributed by atoms with Crippen LogP contribution in [-0.2, 0) is 25.5 Å². The van der Waals surface area contributed by atoms with E-state index in [4.69, 9.17) is 4.74 Å². The minimum atomic E-state index is -0.240. The molecule has 22 heavy (non-hydrogen) atoms. The molecule has 0 radical (unpaired) electrons. The molecule has 1 aromatic rings. The minimum Gasteiger partial charge on any atom is -0.469 e. The van der Waals surface area contributed by atoms with Gasteiger partial charge in [0.2, 0.25) is 0 Å². The molecule has 1 rings (SSSR count). The first-order valence-electron chi connectivity index (χ1n) is 7.47. The summed E-state index contributed by atoms with van der Waals surface area (Å²) < 4.78 is 9.44. The summed E-state index contributed by atoms with van der Waals surface area (Å²) in [5, 5.41) is 0. The molecule has 0 fully saturated rings. The molecule has 5 heteroatoms. The molecule has 0 aliphatic carbocycles. The Bertz CT molecular complexity index is 461. The van der Waals surface area contributed by atoms with Gasteiger partial charge in [0.25, 0.3) is 0 Å². The van der Waals surface area contributed by atoms with E-state index < -0.39 is 0 Å². The molecule has 0 amide bonds. The summed E-state index contributed by atoms with van der Waals surface area (Å²) in [6.07, 6.45) is 1.19. The van der Waals surface area contributed by atoms with Crippen LogP contribution in [-0.4, -0.2) is 50.7 Å². The van der Waals surface area contributed by atoms with Crippen LogP contribution in [0, 0.1) is 5.92 Å². The fourth-order valence-corrected chi connectivity index (χ4v) is 2.24. The molecule has 0 spiro atoms. The lowest BCUT2D eigenvalue weighted by molar-refractivity contribution is -0.145. The molecular weight excluding hydrogens is 282 g/mol. The topological polar surface area (TPSA) is 55.8 Å². The third-order valence-electron chi connectivity index (χ3n) is 3.55. The van der Waals surface area contributed by atoms with Crippen molar-refractivity contribution in [2.45, 2.75) is 19.8 Å². The molecule has 0 N–H and O–H groups in total. The minimum absolute atomic E-state index is 0.224. The second-order valence-electron chi connectivity index (χ2n) is 5.29.